The van der Waals surface area contributed by atoms with Gasteiger partial charge in [0, 0.05) is 35.9 Å². The number of ether oxygens (including phenoxy) is 2. The van der Waals surface area contributed by atoms with Gasteiger partial charge in [0.25, 0.3) is 0 Å². The molecule has 0 amide bonds. The number of fused-ring (bicyclic) bond motifs is 1. The number of hydrogen-bond donors (Lipinski definition) is 3. The summed E-state index contributed by atoms with van der Waals surface area (Å²) in [6.45, 7) is 1.93. The molecule has 0 spiro atoms. The maximum absolute atomic E-state index is 12.7. The molecule has 8 nitrogen and oxygen atoms in total. The van der Waals surface area contributed by atoms with E-state index >= 15 is 0 Å². The zero-order valence-corrected chi connectivity index (χ0v) is 18.7. The second-order valence-corrected chi connectivity index (χ2v) is 8.33. The van der Waals surface area contributed by atoms with Gasteiger partial charge in [-0.2, -0.15) is 5.10 Å². The van der Waals surface area contributed by atoms with Crippen molar-refractivity contribution in [1.82, 2.24) is 20.5 Å². The standard InChI is InChI=1S/C24H24F3N5O3/c25-24(26,27)35-19-4-2-1-3-14(19)7-10-33-22-21-17(11-30-23(22)28)18(13-34-21)16-12-31-32-20(16)15-5-8-29-9-6-15/h1-4,11-13,15,29H,5-10H2,(H2,28,30)(H,31,32). The number of rotatable bonds is 7. The van der Waals surface area contributed by atoms with Crippen LogP contribution in [0.25, 0.3) is 22.1 Å². The van der Waals surface area contributed by atoms with E-state index in [4.69, 9.17) is 14.9 Å². The Kier molecular flexibility index (Phi) is 6.25. The highest BCUT2D eigenvalue weighted by atomic mass is 19.4. The second kappa shape index (κ2) is 9.49. The van der Waals surface area contributed by atoms with E-state index in [1.54, 1.807) is 24.6 Å². The Morgan fingerprint density at radius 1 is 1.14 bits per heavy atom. The van der Waals surface area contributed by atoms with E-state index in [1.807, 2.05) is 6.20 Å². The number of anilines is 1. The summed E-state index contributed by atoms with van der Waals surface area (Å²) in [5.74, 6) is 0.441. The molecule has 0 aliphatic carbocycles. The van der Waals surface area contributed by atoms with E-state index in [-0.39, 0.29) is 30.3 Å². The fourth-order valence-corrected chi connectivity index (χ4v) is 4.45. The van der Waals surface area contributed by atoms with Crippen molar-refractivity contribution in [3.8, 4) is 22.6 Å². The number of nitrogens with two attached hydrogens (primary N) is 1. The summed E-state index contributed by atoms with van der Waals surface area (Å²) in [5.41, 5.74) is 9.58. The summed E-state index contributed by atoms with van der Waals surface area (Å²) in [4.78, 5) is 4.26. The number of aromatic amines is 1. The highest BCUT2D eigenvalue weighted by molar-refractivity contribution is 5.98. The summed E-state index contributed by atoms with van der Waals surface area (Å²) in [7, 11) is 0. The van der Waals surface area contributed by atoms with Crippen LogP contribution < -0.4 is 20.5 Å². The monoisotopic (exact) mass is 487 g/mol. The largest absolute Gasteiger partial charge is 0.573 e. The summed E-state index contributed by atoms with van der Waals surface area (Å²) >= 11 is 0. The molecule has 1 aromatic carbocycles. The zero-order chi connectivity index (χ0) is 24.4. The average Bonchev–Trinajstić information content (AvgIpc) is 3.48. The number of aromatic nitrogens is 3. The molecule has 0 saturated carbocycles. The molecule has 1 saturated heterocycles. The van der Waals surface area contributed by atoms with Gasteiger partial charge in [-0.25, -0.2) is 4.98 Å². The number of pyridine rings is 1. The Bertz CT molecular complexity index is 1310. The molecule has 35 heavy (non-hydrogen) atoms. The van der Waals surface area contributed by atoms with Crippen LogP contribution in [0.4, 0.5) is 19.0 Å². The first-order valence-corrected chi connectivity index (χ1v) is 11.3. The number of para-hydroxylation sites is 1. The molecule has 4 aromatic rings. The third-order valence-electron chi connectivity index (χ3n) is 6.10. The van der Waals surface area contributed by atoms with Gasteiger partial charge in [0.1, 0.15) is 12.0 Å². The van der Waals surface area contributed by atoms with Gasteiger partial charge in [0.2, 0.25) is 5.75 Å². The van der Waals surface area contributed by atoms with Crippen LogP contribution in [-0.4, -0.2) is 41.2 Å². The highest BCUT2D eigenvalue weighted by Crippen LogP contribution is 2.41. The predicted octanol–water partition coefficient (Wildman–Crippen LogP) is 4.79. The smallest absolute Gasteiger partial charge is 0.486 e. The molecule has 4 N–H and O–H groups in total. The van der Waals surface area contributed by atoms with Crippen LogP contribution in [-0.2, 0) is 6.42 Å². The minimum absolute atomic E-state index is 0.0469. The molecule has 0 bridgehead atoms. The van der Waals surface area contributed by atoms with Gasteiger partial charge in [-0.3, -0.25) is 5.10 Å². The van der Waals surface area contributed by atoms with E-state index in [9.17, 15) is 13.2 Å². The number of furan rings is 1. The molecular weight excluding hydrogens is 463 g/mol. The van der Waals surface area contributed by atoms with Crippen LogP contribution in [0, 0.1) is 0 Å². The highest BCUT2D eigenvalue weighted by Gasteiger charge is 2.32. The Morgan fingerprint density at radius 2 is 1.94 bits per heavy atom. The summed E-state index contributed by atoms with van der Waals surface area (Å²) in [6, 6.07) is 5.94. The van der Waals surface area contributed by atoms with Gasteiger partial charge in [0.05, 0.1) is 17.7 Å². The molecule has 5 rings (SSSR count). The number of piperidine rings is 1. The van der Waals surface area contributed by atoms with Gasteiger partial charge in [-0.1, -0.05) is 18.2 Å². The average molecular weight is 487 g/mol. The molecule has 0 unspecified atom stereocenters. The number of nitrogens with zero attached hydrogens (tertiary/aromatic N) is 2. The molecular formula is C24H24F3N5O3. The Labute approximate surface area is 198 Å². The molecule has 11 heteroatoms. The summed E-state index contributed by atoms with van der Waals surface area (Å²) in [5, 5.41) is 11.5. The van der Waals surface area contributed by atoms with E-state index in [0.717, 1.165) is 42.8 Å². The van der Waals surface area contributed by atoms with E-state index in [1.165, 1.54) is 12.1 Å². The van der Waals surface area contributed by atoms with Crippen molar-refractivity contribution in [2.45, 2.75) is 31.5 Å². The number of benzene rings is 1. The molecule has 184 valence electrons. The first kappa shape index (κ1) is 23.0. The van der Waals surface area contributed by atoms with Gasteiger partial charge in [0.15, 0.2) is 11.4 Å². The third kappa shape index (κ3) is 4.90. The van der Waals surface area contributed by atoms with Gasteiger partial charge in [-0.05, 0) is 37.6 Å². The second-order valence-electron chi connectivity index (χ2n) is 8.33. The Hall–Kier alpha value is -3.73. The first-order valence-electron chi connectivity index (χ1n) is 11.3. The van der Waals surface area contributed by atoms with E-state index in [0.29, 0.717) is 22.5 Å². The minimum atomic E-state index is -4.78. The van der Waals surface area contributed by atoms with Gasteiger partial charge >= 0.3 is 6.36 Å². The Morgan fingerprint density at radius 3 is 2.74 bits per heavy atom. The SMILES string of the molecule is Nc1ncc2c(-c3c[nH]nc3C3CCNCC3)coc2c1OCCc1ccccc1OC(F)(F)F. The fourth-order valence-electron chi connectivity index (χ4n) is 4.45. The Balaban J connectivity index is 1.38. The fraction of sp³-hybridized carbons (Fsp3) is 0.333. The van der Waals surface area contributed by atoms with Crippen molar-refractivity contribution in [1.29, 1.82) is 0 Å². The molecule has 1 fully saturated rings. The predicted molar refractivity (Wildman–Crippen MR) is 123 cm³/mol. The number of nitrogens with one attached hydrogen (secondary N) is 2. The maximum atomic E-state index is 12.7. The maximum Gasteiger partial charge on any atom is 0.573 e. The van der Waals surface area contributed by atoms with Gasteiger partial charge in [-0.15, -0.1) is 13.2 Å². The molecule has 1 aliphatic rings. The molecule has 4 heterocycles. The van der Waals surface area contributed by atoms with Crippen LogP contribution in [0.15, 0.2) is 47.3 Å². The zero-order valence-electron chi connectivity index (χ0n) is 18.7. The van der Waals surface area contributed by atoms with Crippen molar-refractivity contribution in [2.75, 3.05) is 25.4 Å². The number of alkyl halides is 3. The molecule has 0 atom stereocenters. The van der Waals surface area contributed by atoms with E-state index in [2.05, 4.69) is 25.2 Å². The number of H-pyrrole nitrogens is 1. The molecule has 3 aromatic heterocycles. The van der Waals surface area contributed by atoms with Crippen LogP contribution in [0.2, 0.25) is 0 Å². The lowest BCUT2D eigenvalue weighted by atomic mass is 9.90. The number of hydrogen-bond acceptors (Lipinski definition) is 7. The lowest BCUT2D eigenvalue weighted by molar-refractivity contribution is -0.274. The van der Waals surface area contributed by atoms with Crippen molar-refractivity contribution < 1.29 is 27.1 Å². The number of nitrogen functional groups attached to an aromatic ring is 1. The normalized spacial score (nSPS) is 14.9. The quantitative estimate of drug-likeness (QED) is 0.344. The third-order valence-corrected chi connectivity index (χ3v) is 6.10. The first-order chi connectivity index (χ1) is 16.9. The molecule has 0 radical (unpaired) electrons. The van der Waals surface area contributed by atoms with Crippen LogP contribution in [0.3, 0.4) is 0 Å². The summed E-state index contributed by atoms with van der Waals surface area (Å²) < 4.78 is 53.9. The van der Waals surface area contributed by atoms with Crippen LogP contribution in [0.5, 0.6) is 11.5 Å². The van der Waals surface area contributed by atoms with Crippen molar-refractivity contribution >= 4 is 16.8 Å². The lowest BCUT2D eigenvalue weighted by Gasteiger charge is -2.21. The van der Waals surface area contributed by atoms with Gasteiger partial charge < -0.3 is 24.9 Å². The van der Waals surface area contributed by atoms with Crippen LogP contribution in [0.1, 0.15) is 30.0 Å². The molecule has 1 aliphatic heterocycles. The lowest BCUT2D eigenvalue weighted by Crippen LogP contribution is -2.27. The summed E-state index contributed by atoms with van der Waals surface area (Å²) in [6.07, 6.45) is 2.47. The van der Waals surface area contributed by atoms with Crippen molar-refractivity contribution in [3.05, 3.63) is 54.2 Å². The van der Waals surface area contributed by atoms with E-state index < -0.39 is 6.36 Å². The topological polar surface area (TPSA) is 111 Å². The number of halogens is 3. The van der Waals surface area contributed by atoms with Crippen LogP contribution >= 0.6 is 0 Å². The minimum Gasteiger partial charge on any atom is -0.486 e. The van der Waals surface area contributed by atoms with Crippen molar-refractivity contribution in [3.63, 3.8) is 0 Å². The van der Waals surface area contributed by atoms with Crippen molar-refractivity contribution in [2.24, 2.45) is 0 Å².